The number of aliphatic imine (C=N–C) groups is 4. The van der Waals surface area contributed by atoms with E-state index in [1.807, 2.05) is 0 Å². The van der Waals surface area contributed by atoms with Crippen molar-refractivity contribution >= 4 is 29.6 Å². The lowest BCUT2D eigenvalue weighted by Gasteiger charge is -2.23. The number of hydrogen-bond donors (Lipinski definition) is 4. The van der Waals surface area contributed by atoms with Gasteiger partial charge in [-0.2, -0.15) is 4.99 Å². The number of nitrogens with two attached hydrogens (primary N) is 1. The molecule has 0 bridgehead atoms. The molecule has 2 aliphatic rings. The molecule has 0 spiro atoms. The molecular formula is C12H18N6O3. The molecule has 2 rings (SSSR count). The van der Waals surface area contributed by atoms with E-state index in [-0.39, 0.29) is 17.5 Å². The molecule has 21 heavy (non-hydrogen) atoms. The second-order valence-corrected chi connectivity index (χ2v) is 4.71. The van der Waals surface area contributed by atoms with Crippen LogP contribution in [0.5, 0.6) is 0 Å². The smallest absolute Gasteiger partial charge is 0.259 e. The molecule has 9 nitrogen and oxygen atoms in total. The average Bonchev–Trinajstić information content (AvgIpc) is 2.46. The summed E-state index contributed by atoms with van der Waals surface area (Å²) < 4.78 is 0. The van der Waals surface area contributed by atoms with Gasteiger partial charge in [0, 0.05) is 6.54 Å². The molecule has 0 aromatic heterocycles. The summed E-state index contributed by atoms with van der Waals surface area (Å²) in [4.78, 5) is 28.3. The normalized spacial score (nSPS) is 25.8. The van der Waals surface area contributed by atoms with Crippen molar-refractivity contribution in [2.45, 2.75) is 31.6 Å². The van der Waals surface area contributed by atoms with Crippen LogP contribution in [-0.4, -0.2) is 71.2 Å². The fraction of sp³-hybridized carbons (Fsp3) is 0.583. The fourth-order valence-electron chi connectivity index (χ4n) is 1.77. The third-order valence-electron chi connectivity index (χ3n) is 2.94. The van der Waals surface area contributed by atoms with Crippen molar-refractivity contribution < 1.29 is 15.0 Å². The van der Waals surface area contributed by atoms with Gasteiger partial charge in [0.05, 0.1) is 18.0 Å². The Bertz CT molecular complexity index is 537. The minimum Gasteiger partial charge on any atom is -0.390 e. The number of guanidine groups is 1. The van der Waals surface area contributed by atoms with Gasteiger partial charge in [0.15, 0.2) is 11.9 Å². The van der Waals surface area contributed by atoms with Crippen molar-refractivity contribution in [2.75, 3.05) is 13.1 Å². The van der Waals surface area contributed by atoms with E-state index in [1.54, 1.807) is 0 Å². The van der Waals surface area contributed by atoms with Gasteiger partial charge in [-0.15, -0.1) is 0 Å². The summed E-state index contributed by atoms with van der Waals surface area (Å²) in [6, 6.07) is -0.924. The molecule has 2 aliphatic heterocycles. The molecule has 0 fully saturated rings. The third kappa shape index (κ3) is 3.57. The molecule has 114 valence electrons. The van der Waals surface area contributed by atoms with E-state index in [0.29, 0.717) is 19.5 Å². The highest BCUT2D eigenvalue weighted by Crippen LogP contribution is 2.10. The van der Waals surface area contributed by atoms with Crippen LogP contribution < -0.4 is 11.1 Å². The summed E-state index contributed by atoms with van der Waals surface area (Å²) in [5.41, 5.74) is 5.51. The summed E-state index contributed by atoms with van der Waals surface area (Å²) in [6.07, 6.45) is -0.209. The topological polar surface area (TPSA) is 145 Å². The summed E-state index contributed by atoms with van der Waals surface area (Å²) in [5.74, 6) is -0.0167. The summed E-state index contributed by atoms with van der Waals surface area (Å²) in [7, 11) is 0. The highest BCUT2D eigenvalue weighted by atomic mass is 16.3. The van der Waals surface area contributed by atoms with Gasteiger partial charge in [-0.3, -0.25) is 20.1 Å². The molecule has 1 unspecified atom stereocenters. The molecular weight excluding hydrogens is 276 g/mol. The van der Waals surface area contributed by atoms with E-state index in [9.17, 15) is 15.0 Å². The molecule has 0 aromatic rings. The van der Waals surface area contributed by atoms with E-state index in [4.69, 9.17) is 5.73 Å². The maximum Gasteiger partial charge on any atom is 0.259 e. The lowest BCUT2D eigenvalue weighted by molar-refractivity contribution is -0.119. The molecule has 0 saturated heterocycles. The fourth-order valence-corrected chi connectivity index (χ4v) is 1.77. The van der Waals surface area contributed by atoms with E-state index < -0.39 is 24.2 Å². The number of nitrogens with one attached hydrogen (secondary N) is 1. The number of hydrogen-bond acceptors (Lipinski definition) is 7. The number of aliphatic hydroxyl groups excluding tert-OH is 2. The van der Waals surface area contributed by atoms with E-state index in [0.717, 1.165) is 0 Å². The summed E-state index contributed by atoms with van der Waals surface area (Å²) in [6.45, 7) is 2.40. The van der Waals surface area contributed by atoms with Crippen LogP contribution in [0.4, 0.5) is 0 Å². The van der Waals surface area contributed by atoms with Crippen molar-refractivity contribution in [2.24, 2.45) is 25.7 Å². The third-order valence-corrected chi connectivity index (χ3v) is 2.94. The van der Waals surface area contributed by atoms with Crippen LogP contribution >= 0.6 is 0 Å². The number of nitrogens with zero attached hydrogens (tertiary/aromatic N) is 4. The van der Waals surface area contributed by atoms with Gasteiger partial charge in [0.25, 0.3) is 5.91 Å². The first kappa shape index (κ1) is 15.4. The number of rotatable bonds is 5. The zero-order valence-corrected chi connectivity index (χ0v) is 11.6. The Balaban J connectivity index is 2.18. The zero-order valence-electron chi connectivity index (χ0n) is 11.6. The van der Waals surface area contributed by atoms with E-state index in [1.165, 1.54) is 13.1 Å². The molecule has 0 aromatic carbocycles. The van der Waals surface area contributed by atoms with Gasteiger partial charge in [-0.25, -0.2) is 4.99 Å². The van der Waals surface area contributed by atoms with Crippen molar-refractivity contribution in [3.8, 4) is 0 Å². The Morgan fingerprint density at radius 3 is 2.95 bits per heavy atom. The van der Waals surface area contributed by atoms with Crippen LogP contribution in [0.1, 0.15) is 13.3 Å². The highest BCUT2D eigenvalue weighted by Gasteiger charge is 2.33. The summed E-state index contributed by atoms with van der Waals surface area (Å²) >= 11 is 0. The Labute approximate surface area is 121 Å². The first-order chi connectivity index (χ1) is 10.0. The van der Waals surface area contributed by atoms with Crippen molar-refractivity contribution in [1.82, 2.24) is 5.32 Å². The van der Waals surface area contributed by atoms with Crippen molar-refractivity contribution in [1.29, 1.82) is 0 Å². The lowest BCUT2D eigenvalue weighted by Crippen LogP contribution is -2.49. The Morgan fingerprint density at radius 1 is 1.52 bits per heavy atom. The van der Waals surface area contributed by atoms with Gasteiger partial charge in [0.2, 0.25) is 5.96 Å². The van der Waals surface area contributed by atoms with Gasteiger partial charge in [0.1, 0.15) is 6.10 Å². The first-order valence-corrected chi connectivity index (χ1v) is 6.64. The molecule has 0 radical (unpaired) electrons. The van der Waals surface area contributed by atoms with Crippen molar-refractivity contribution in [3.63, 3.8) is 0 Å². The van der Waals surface area contributed by atoms with Crippen LogP contribution in [0.3, 0.4) is 0 Å². The van der Waals surface area contributed by atoms with Crippen LogP contribution in [0.15, 0.2) is 20.0 Å². The molecule has 2 heterocycles. The first-order valence-electron chi connectivity index (χ1n) is 6.64. The average molecular weight is 294 g/mol. The van der Waals surface area contributed by atoms with Gasteiger partial charge in [-0.1, -0.05) is 0 Å². The standard InChI is InChI=1S/C12H18N6O3/c1-6(19)9(20)7-5-15-10-8(16-7)11(21)18-12(17-10)14-4-2-3-13/h5-6,8-9,19-20H,2-4,13H2,1H3,(H,14,18,21)/t6-,8?,9-/m0/s1. The number of amides is 1. The maximum atomic E-state index is 12.0. The molecule has 9 heteroatoms. The second kappa shape index (κ2) is 6.66. The minimum absolute atomic E-state index is 0.146. The highest BCUT2D eigenvalue weighted by molar-refractivity contribution is 6.38. The second-order valence-electron chi connectivity index (χ2n) is 4.71. The number of amidine groups is 1. The summed E-state index contributed by atoms with van der Waals surface area (Å²) in [5, 5.41) is 21.6. The molecule has 3 atom stereocenters. The number of carbonyl (C=O) groups excluding carboxylic acids is 1. The van der Waals surface area contributed by atoms with Crippen LogP contribution in [-0.2, 0) is 4.79 Å². The molecule has 1 amide bonds. The van der Waals surface area contributed by atoms with E-state index >= 15 is 0 Å². The van der Waals surface area contributed by atoms with Gasteiger partial charge >= 0.3 is 0 Å². The number of fused-ring (bicyclic) bond motifs is 1. The predicted octanol–water partition coefficient (Wildman–Crippen LogP) is -2.14. The van der Waals surface area contributed by atoms with Gasteiger partial charge < -0.3 is 15.9 Å². The lowest BCUT2D eigenvalue weighted by atomic mass is 10.1. The Morgan fingerprint density at radius 2 is 2.29 bits per heavy atom. The Kier molecular flexibility index (Phi) is 4.89. The van der Waals surface area contributed by atoms with Crippen molar-refractivity contribution in [3.05, 3.63) is 0 Å². The molecule has 5 N–H and O–H groups in total. The van der Waals surface area contributed by atoms with Gasteiger partial charge in [-0.05, 0) is 19.9 Å². The number of aliphatic hydroxyl groups is 2. The van der Waals surface area contributed by atoms with E-state index in [2.05, 4.69) is 25.3 Å². The SMILES string of the molecule is C[C@H](O)[C@H](O)C1=NC2C(=O)NC(=NCCCN)N=C2N=C1. The maximum absolute atomic E-state index is 12.0. The van der Waals surface area contributed by atoms with Crippen LogP contribution in [0.25, 0.3) is 0 Å². The zero-order chi connectivity index (χ0) is 15.4. The minimum atomic E-state index is -1.19. The largest absolute Gasteiger partial charge is 0.390 e. The predicted molar refractivity (Wildman–Crippen MR) is 79.0 cm³/mol. The van der Waals surface area contributed by atoms with Crippen LogP contribution in [0.2, 0.25) is 0 Å². The molecule has 0 aliphatic carbocycles. The monoisotopic (exact) mass is 294 g/mol. The van der Waals surface area contributed by atoms with Crippen LogP contribution in [0, 0.1) is 0 Å². The molecule has 0 saturated carbocycles. The Hall–Kier alpha value is -1.97. The number of carbonyl (C=O) groups is 1. The quantitative estimate of drug-likeness (QED) is 0.428.